The van der Waals surface area contributed by atoms with Crippen molar-refractivity contribution in [2.24, 2.45) is 0 Å². The number of carbonyl (C=O) groups is 2. The van der Waals surface area contributed by atoms with Crippen molar-refractivity contribution in [2.45, 2.75) is 37.5 Å². The van der Waals surface area contributed by atoms with Crippen LogP contribution in [0.1, 0.15) is 23.6 Å². The number of rotatable bonds is 9. The maximum absolute atomic E-state index is 13.8. The number of anilines is 1. The van der Waals surface area contributed by atoms with Gasteiger partial charge in [-0.15, -0.1) is 0 Å². The van der Waals surface area contributed by atoms with Gasteiger partial charge in [-0.2, -0.15) is 13.2 Å². The molecular formula is C27H26Cl2F3N3O4S. The molecule has 2 amide bonds. The number of nitrogens with one attached hydrogen (secondary N) is 1. The number of nitrogens with zero attached hydrogens (tertiary/aromatic N) is 2. The second kappa shape index (κ2) is 12.5. The monoisotopic (exact) mass is 615 g/mol. The summed E-state index contributed by atoms with van der Waals surface area (Å²) < 4.78 is 69.1. The van der Waals surface area contributed by atoms with Crippen molar-refractivity contribution < 1.29 is 31.2 Å². The molecule has 0 aliphatic rings. The Morgan fingerprint density at radius 3 is 2.23 bits per heavy atom. The Morgan fingerprint density at radius 1 is 1.00 bits per heavy atom. The lowest BCUT2D eigenvalue weighted by Crippen LogP contribution is -2.50. The van der Waals surface area contributed by atoms with Crippen LogP contribution < -0.4 is 9.62 Å². The van der Waals surface area contributed by atoms with Crippen LogP contribution in [0, 0.1) is 6.92 Å². The largest absolute Gasteiger partial charge is 0.417 e. The van der Waals surface area contributed by atoms with Crippen molar-refractivity contribution in [3.05, 3.63) is 93.5 Å². The zero-order chi connectivity index (χ0) is 29.8. The van der Waals surface area contributed by atoms with Crippen LogP contribution in [-0.2, 0) is 32.3 Å². The summed E-state index contributed by atoms with van der Waals surface area (Å²) in [5.41, 5.74) is -0.395. The van der Waals surface area contributed by atoms with Gasteiger partial charge in [0, 0.05) is 18.6 Å². The number of likely N-dealkylation sites (N-methyl/N-ethyl adjacent to an activating group) is 1. The fraction of sp³-hybridized carbons (Fsp3) is 0.259. The molecule has 0 aliphatic carbocycles. The van der Waals surface area contributed by atoms with Crippen molar-refractivity contribution >= 4 is 50.7 Å². The predicted molar refractivity (Wildman–Crippen MR) is 148 cm³/mol. The molecule has 0 fully saturated rings. The minimum absolute atomic E-state index is 0.124. The molecule has 13 heteroatoms. The molecule has 3 aromatic rings. The van der Waals surface area contributed by atoms with Gasteiger partial charge in [-0.3, -0.25) is 13.9 Å². The smallest absolute Gasteiger partial charge is 0.357 e. The Bertz CT molecular complexity index is 1500. The van der Waals surface area contributed by atoms with E-state index < -0.39 is 56.9 Å². The Kier molecular flexibility index (Phi) is 9.76. The van der Waals surface area contributed by atoms with Gasteiger partial charge in [-0.25, -0.2) is 8.42 Å². The molecule has 0 aromatic heterocycles. The third kappa shape index (κ3) is 7.26. The van der Waals surface area contributed by atoms with Crippen LogP contribution in [0.25, 0.3) is 0 Å². The van der Waals surface area contributed by atoms with Gasteiger partial charge >= 0.3 is 6.18 Å². The summed E-state index contributed by atoms with van der Waals surface area (Å²) in [5.74, 6) is -1.37. The molecular weight excluding hydrogens is 590 g/mol. The van der Waals surface area contributed by atoms with E-state index in [1.165, 1.54) is 38.2 Å². The molecule has 0 heterocycles. The summed E-state index contributed by atoms with van der Waals surface area (Å²) in [4.78, 5) is 27.1. The van der Waals surface area contributed by atoms with Gasteiger partial charge in [0.2, 0.25) is 11.8 Å². The van der Waals surface area contributed by atoms with Crippen molar-refractivity contribution in [3.63, 3.8) is 0 Å². The predicted octanol–water partition coefficient (Wildman–Crippen LogP) is 5.68. The molecule has 3 rings (SSSR count). The van der Waals surface area contributed by atoms with Crippen LogP contribution in [0.4, 0.5) is 18.9 Å². The summed E-state index contributed by atoms with van der Waals surface area (Å²) in [6, 6.07) is 13.6. The summed E-state index contributed by atoms with van der Waals surface area (Å²) in [7, 11) is -3.18. The average molecular weight is 616 g/mol. The maximum atomic E-state index is 13.8. The molecule has 0 saturated heterocycles. The van der Waals surface area contributed by atoms with Crippen molar-refractivity contribution in [2.75, 3.05) is 17.9 Å². The molecule has 0 spiro atoms. The first-order chi connectivity index (χ1) is 18.6. The highest BCUT2D eigenvalue weighted by Crippen LogP contribution is 2.38. The Labute approximate surface area is 240 Å². The molecule has 40 heavy (non-hydrogen) atoms. The number of halogens is 5. The first-order valence-electron chi connectivity index (χ1n) is 11.9. The highest BCUT2D eigenvalue weighted by Gasteiger charge is 2.36. The van der Waals surface area contributed by atoms with Crippen LogP contribution in [0.5, 0.6) is 0 Å². The molecule has 0 bridgehead atoms. The van der Waals surface area contributed by atoms with Gasteiger partial charge in [0.25, 0.3) is 10.0 Å². The van der Waals surface area contributed by atoms with E-state index in [1.807, 2.05) is 0 Å². The molecule has 0 unspecified atom stereocenters. The van der Waals surface area contributed by atoms with Crippen molar-refractivity contribution in [3.8, 4) is 0 Å². The molecule has 0 radical (unpaired) electrons. The van der Waals surface area contributed by atoms with Crippen LogP contribution >= 0.6 is 23.2 Å². The van der Waals surface area contributed by atoms with Crippen LogP contribution in [0.2, 0.25) is 10.0 Å². The Morgan fingerprint density at radius 2 is 1.65 bits per heavy atom. The SMILES string of the molecule is CNC(=O)[C@@H](C)N(Cc1cccc(Cl)c1)C(=O)CN(c1ccc(Cl)c(C(F)(F)F)c1)S(=O)(=O)c1ccc(C)cc1. The number of hydrogen-bond donors (Lipinski definition) is 1. The topological polar surface area (TPSA) is 86.8 Å². The van der Waals surface area contributed by atoms with Gasteiger partial charge in [-0.1, -0.05) is 53.0 Å². The normalized spacial score (nSPS) is 12.5. The highest BCUT2D eigenvalue weighted by atomic mass is 35.5. The lowest BCUT2D eigenvalue weighted by molar-refractivity contribution is -0.139. The first kappa shape index (κ1) is 31.3. The molecule has 7 nitrogen and oxygen atoms in total. The van der Waals surface area contributed by atoms with Gasteiger partial charge in [0.15, 0.2) is 0 Å². The van der Waals surface area contributed by atoms with E-state index in [2.05, 4.69) is 5.32 Å². The highest BCUT2D eigenvalue weighted by molar-refractivity contribution is 7.92. The van der Waals surface area contributed by atoms with E-state index in [9.17, 15) is 31.2 Å². The second-order valence-corrected chi connectivity index (χ2v) is 11.6. The summed E-state index contributed by atoms with van der Waals surface area (Å²) in [6.45, 7) is 2.16. The van der Waals surface area contributed by atoms with Crippen molar-refractivity contribution in [1.82, 2.24) is 10.2 Å². The first-order valence-corrected chi connectivity index (χ1v) is 14.1. The third-order valence-corrected chi connectivity index (χ3v) is 8.44. The van der Waals surface area contributed by atoms with Crippen LogP contribution in [-0.4, -0.2) is 44.8 Å². The lowest BCUT2D eigenvalue weighted by Gasteiger charge is -2.32. The van der Waals surface area contributed by atoms with E-state index in [1.54, 1.807) is 31.2 Å². The third-order valence-electron chi connectivity index (χ3n) is 6.09. The summed E-state index contributed by atoms with van der Waals surface area (Å²) >= 11 is 11.8. The van der Waals surface area contributed by atoms with E-state index in [4.69, 9.17) is 23.2 Å². The van der Waals surface area contributed by atoms with Gasteiger partial charge in [-0.05, 0) is 61.9 Å². The maximum Gasteiger partial charge on any atom is 0.417 e. The number of benzene rings is 3. The fourth-order valence-corrected chi connectivity index (χ4v) is 5.72. The fourth-order valence-electron chi connectivity index (χ4n) is 3.88. The molecule has 0 aliphatic heterocycles. The summed E-state index contributed by atoms with van der Waals surface area (Å²) in [6.07, 6.45) is -4.89. The number of aryl methyl sites for hydroxylation is 1. The molecule has 3 aromatic carbocycles. The Hall–Kier alpha value is -3.28. The van der Waals surface area contributed by atoms with E-state index in [0.717, 1.165) is 22.6 Å². The lowest BCUT2D eigenvalue weighted by atomic mass is 10.1. The Balaban J connectivity index is 2.13. The number of sulfonamides is 1. The van der Waals surface area contributed by atoms with E-state index in [0.29, 0.717) is 21.0 Å². The molecule has 0 saturated carbocycles. The van der Waals surface area contributed by atoms with Gasteiger partial charge in [0.1, 0.15) is 12.6 Å². The van der Waals surface area contributed by atoms with Gasteiger partial charge < -0.3 is 10.2 Å². The minimum atomic E-state index is -4.89. The number of amides is 2. The van der Waals surface area contributed by atoms with Crippen LogP contribution in [0.3, 0.4) is 0 Å². The summed E-state index contributed by atoms with van der Waals surface area (Å²) in [5, 5.41) is 2.19. The standard InChI is InChI=1S/C27H26Cl2F3N3O4S/c1-17-7-10-22(11-8-17)40(38,39)35(21-9-12-24(29)23(14-21)27(30,31)32)16-25(36)34(18(2)26(37)33-3)15-19-5-4-6-20(28)13-19/h4-14,18H,15-16H2,1-3H3,(H,33,37)/t18-/m1/s1. The zero-order valence-electron chi connectivity index (χ0n) is 21.7. The molecule has 1 atom stereocenters. The number of hydrogen-bond acceptors (Lipinski definition) is 4. The zero-order valence-corrected chi connectivity index (χ0v) is 24.0. The van der Waals surface area contributed by atoms with Crippen LogP contribution in [0.15, 0.2) is 71.6 Å². The van der Waals surface area contributed by atoms with E-state index in [-0.39, 0.29) is 11.4 Å². The average Bonchev–Trinajstić information content (AvgIpc) is 2.89. The van der Waals surface area contributed by atoms with E-state index >= 15 is 0 Å². The number of carbonyl (C=O) groups excluding carboxylic acids is 2. The van der Waals surface area contributed by atoms with Gasteiger partial charge in [0.05, 0.1) is 21.2 Å². The minimum Gasteiger partial charge on any atom is -0.357 e. The second-order valence-electron chi connectivity index (χ2n) is 8.93. The quantitative estimate of drug-likeness (QED) is 0.335. The number of alkyl halides is 3. The molecule has 214 valence electrons. The molecule has 1 N–H and O–H groups in total. The van der Waals surface area contributed by atoms with Crippen molar-refractivity contribution in [1.29, 1.82) is 0 Å².